The van der Waals surface area contributed by atoms with Crippen LogP contribution in [0.1, 0.15) is 50.7 Å². The molecule has 0 fully saturated rings. The number of benzene rings is 1. The predicted octanol–water partition coefficient (Wildman–Crippen LogP) is 4.93. The van der Waals surface area contributed by atoms with Crippen molar-refractivity contribution < 1.29 is 0 Å². The first-order valence-corrected chi connectivity index (χ1v) is 7.41. The van der Waals surface area contributed by atoms with Crippen LogP contribution in [0.2, 0.25) is 0 Å². The molecule has 1 aromatic heterocycles. The minimum absolute atomic E-state index is 0.498. The molecule has 1 aromatic carbocycles. The standard InChI is InChI=1S/C15H19IN2/c1-9(2)12-7-11(16)8-13(10(3)4)14(12)15-17-5-6-18-15/h5-10H,1-4H3,(H,17,18). The maximum absolute atomic E-state index is 4.44. The average molecular weight is 354 g/mol. The lowest BCUT2D eigenvalue weighted by atomic mass is 9.88. The molecule has 96 valence electrons. The Bertz CT molecular complexity index is 498. The van der Waals surface area contributed by atoms with Gasteiger partial charge in [-0.1, -0.05) is 27.7 Å². The van der Waals surface area contributed by atoms with E-state index in [4.69, 9.17) is 0 Å². The number of aromatic amines is 1. The topological polar surface area (TPSA) is 28.7 Å². The van der Waals surface area contributed by atoms with Crippen molar-refractivity contribution in [3.05, 3.63) is 39.2 Å². The molecule has 3 heteroatoms. The van der Waals surface area contributed by atoms with E-state index in [-0.39, 0.29) is 0 Å². The van der Waals surface area contributed by atoms with E-state index in [0.717, 1.165) is 5.82 Å². The van der Waals surface area contributed by atoms with Crippen molar-refractivity contribution in [1.82, 2.24) is 9.97 Å². The summed E-state index contributed by atoms with van der Waals surface area (Å²) in [4.78, 5) is 7.69. The Morgan fingerprint density at radius 1 is 1.06 bits per heavy atom. The molecule has 0 amide bonds. The van der Waals surface area contributed by atoms with Crippen molar-refractivity contribution in [3.63, 3.8) is 0 Å². The van der Waals surface area contributed by atoms with Gasteiger partial charge in [0, 0.05) is 21.5 Å². The van der Waals surface area contributed by atoms with Gasteiger partial charge in [-0.15, -0.1) is 0 Å². The van der Waals surface area contributed by atoms with Gasteiger partial charge in [0.25, 0.3) is 0 Å². The third-order valence-electron chi connectivity index (χ3n) is 3.14. The lowest BCUT2D eigenvalue weighted by Gasteiger charge is -2.19. The van der Waals surface area contributed by atoms with Gasteiger partial charge in [0.15, 0.2) is 0 Å². The zero-order chi connectivity index (χ0) is 13.3. The van der Waals surface area contributed by atoms with Crippen LogP contribution in [0.5, 0.6) is 0 Å². The number of nitrogens with one attached hydrogen (secondary N) is 1. The largest absolute Gasteiger partial charge is 0.345 e. The van der Waals surface area contributed by atoms with E-state index in [1.165, 1.54) is 20.3 Å². The van der Waals surface area contributed by atoms with E-state index < -0.39 is 0 Å². The summed E-state index contributed by atoms with van der Waals surface area (Å²) < 4.78 is 1.30. The smallest absolute Gasteiger partial charge is 0.137 e. The van der Waals surface area contributed by atoms with Gasteiger partial charge >= 0.3 is 0 Å². The van der Waals surface area contributed by atoms with Crippen molar-refractivity contribution in [3.8, 4) is 11.4 Å². The first-order chi connectivity index (χ1) is 8.50. The number of H-pyrrole nitrogens is 1. The molecule has 0 radical (unpaired) electrons. The van der Waals surface area contributed by atoms with Crippen LogP contribution in [0.15, 0.2) is 24.5 Å². The maximum atomic E-state index is 4.44. The second kappa shape index (κ2) is 5.43. The number of nitrogens with zero attached hydrogens (tertiary/aromatic N) is 1. The van der Waals surface area contributed by atoms with E-state index in [2.05, 4.69) is 72.4 Å². The van der Waals surface area contributed by atoms with Gasteiger partial charge in [0.2, 0.25) is 0 Å². The number of imidazole rings is 1. The normalized spacial score (nSPS) is 11.5. The highest BCUT2D eigenvalue weighted by molar-refractivity contribution is 14.1. The molecule has 0 spiro atoms. The Hall–Kier alpha value is -0.840. The van der Waals surface area contributed by atoms with Crippen LogP contribution in [0.3, 0.4) is 0 Å². The molecular formula is C15H19IN2. The number of aromatic nitrogens is 2. The molecule has 1 N–H and O–H groups in total. The van der Waals surface area contributed by atoms with E-state index >= 15 is 0 Å². The predicted molar refractivity (Wildman–Crippen MR) is 84.9 cm³/mol. The molecule has 2 aromatic rings. The molecule has 0 saturated heterocycles. The van der Waals surface area contributed by atoms with Crippen molar-refractivity contribution >= 4 is 22.6 Å². The van der Waals surface area contributed by atoms with Gasteiger partial charge in [-0.25, -0.2) is 4.98 Å². The van der Waals surface area contributed by atoms with Crippen LogP contribution in [0, 0.1) is 3.57 Å². The molecular weight excluding hydrogens is 335 g/mol. The van der Waals surface area contributed by atoms with Gasteiger partial charge in [-0.05, 0) is 57.7 Å². The third-order valence-corrected chi connectivity index (χ3v) is 3.77. The highest BCUT2D eigenvalue weighted by atomic mass is 127. The lowest BCUT2D eigenvalue weighted by Crippen LogP contribution is -2.02. The quantitative estimate of drug-likeness (QED) is 0.778. The average Bonchev–Trinajstić information content (AvgIpc) is 2.80. The first-order valence-electron chi connectivity index (χ1n) is 6.33. The Labute approximate surface area is 122 Å². The molecule has 0 aliphatic carbocycles. The summed E-state index contributed by atoms with van der Waals surface area (Å²) in [5.41, 5.74) is 4.03. The minimum atomic E-state index is 0.498. The molecule has 0 aliphatic heterocycles. The first kappa shape index (κ1) is 13.6. The molecule has 0 aliphatic rings. The lowest BCUT2D eigenvalue weighted by molar-refractivity contribution is 0.833. The Morgan fingerprint density at radius 3 is 2.00 bits per heavy atom. The molecule has 18 heavy (non-hydrogen) atoms. The number of hydrogen-bond acceptors (Lipinski definition) is 1. The molecule has 2 nitrogen and oxygen atoms in total. The highest BCUT2D eigenvalue weighted by Gasteiger charge is 2.18. The second-order valence-electron chi connectivity index (χ2n) is 5.21. The zero-order valence-electron chi connectivity index (χ0n) is 11.3. The Morgan fingerprint density at radius 2 is 1.61 bits per heavy atom. The van der Waals surface area contributed by atoms with Crippen molar-refractivity contribution in [2.45, 2.75) is 39.5 Å². The summed E-state index contributed by atoms with van der Waals surface area (Å²) >= 11 is 2.40. The van der Waals surface area contributed by atoms with Crippen molar-refractivity contribution in [1.29, 1.82) is 0 Å². The van der Waals surface area contributed by atoms with Crippen LogP contribution in [0.4, 0.5) is 0 Å². The second-order valence-corrected chi connectivity index (χ2v) is 6.45. The third kappa shape index (κ3) is 2.60. The number of hydrogen-bond donors (Lipinski definition) is 1. The minimum Gasteiger partial charge on any atom is -0.345 e. The zero-order valence-corrected chi connectivity index (χ0v) is 13.4. The van der Waals surface area contributed by atoms with Gasteiger partial charge in [0.05, 0.1) is 0 Å². The van der Waals surface area contributed by atoms with Gasteiger partial charge in [-0.3, -0.25) is 0 Å². The Kier molecular flexibility index (Phi) is 4.10. The van der Waals surface area contributed by atoms with E-state index in [9.17, 15) is 0 Å². The fraction of sp³-hybridized carbons (Fsp3) is 0.400. The number of rotatable bonds is 3. The highest BCUT2D eigenvalue weighted by Crippen LogP contribution is 2.35. The van der Waals surface area contributed by atoms with Crippen LogP contribution < -0.4 is 0 Å². The van der Waals surface area contributed by atoms with Crippen LogP contribution in [-0.4, -0.2) is 9.97 Å². The van der Waals surface area contributed by atoms with Crippen LogP contribution in [0.25, 0.3) is 11.4 Å². The summed E-state index contributed by atoms with van der Waals surface area (Å²) in [6.07, 6.45) is 3.71. The van der Waals surface area contributed by atoms with Gasteiger partial charge in [-0.2, -0.15) is 0 Å². The van der Waals surface area contributed by atoms with Crippen LogP contribution >= 0.6 is 22.6 Å². The molecule has 2 rings (SSSR count). The summed E-state index contributed by atoms with van der Waals surface area (Å²) in [5, 5.41) is 0. The number of halogens is 1. The molecule has 0 atom stereocenters. The van der Waals surface area contributed by atoms with E-state index in [1.54, 1.807) is 0 Å². The molecule has 0 unspecified atom stereocenters. The molecule has 0 saturated carbocycles. The Balaban J connectivity index is 2.73. The van der Waals surface area contributed by atoms with Gasteiger partial charge in [0.1, 0.15) is 5.82 Å². The van der Waals surface area contributed by atoms with Crippen LogP contribution in [-0.2, 0) is 0 Å². The van der Waals surface area contributed by atoms with Crippen molar-refractivity contribution in [2.24, 2.45) is 0 Å². The summed E-state index contributed by atoms with van der Waals surface area (Å²) in [6, 6.07) is 4.55. The summed E-state index contributed by atoms with van der Waals surface area (Å²) in [7, 11) is 0. The summed E-state index contributed by atoms with van der Waals surface area (Å²) in [5.74, 6) is 1.98. The van der Waals surface area contributed by atoms with E-state index in [0.29, 0.717) is 11.8 Å². The molecule has 0 bridgehead atoms. The fourth-order valence-corrected chi connectivity index (χ4v) is 2.91. The fourth-order valence-electron chi connectivity index (χ4n) is 2.24. The van der Waals surface area contributed by atoms with E-state index in [1.807, 2.05) is 12.4 Å². The monoisotopic (exact) mass is 354 g/mol. The van der Waals surface area contributed by atoms with Crippen molar-refractivity contribution in [2.75, 3.05) is 0 Å². The molecule has 1 heterocycles. The SMILES string of the molecule is CC(C)c1cc(I)cc(C(C)C)c1-c1ncc[nH]1. The summed E-state index contributed by atoms with van der Waals surface area (Å²) in [6.45, 7) is 8.95. The maximum Gasteiger partial charge on any atom is 0.137 e. The van der Waals surface area contributed by atoms with Gasteiger partial charge < -0.3 is 4.98 Å².